The molecule has 32 heavy (non-hydrogen) atoms. The highest BCUT2D eigenvalue weighted by atomic mass is 19.1. The second-order valence-electron chi connectivity index (χ2n) is 7.87. The molecular formula is C24H22FN3O4. The Balaban J connectivity index is 1.90. The molecule has 1 aliphatic rings. The van der Waals surface area contributed by atoms with E-state index in [1.54, 1.807) is 25.1 Å². The lowest BCUT2D eigenvalue weighted by Crippen LogP contribution is -2.43. The van der Waals surface area contributed by atoms with Crippen molar-refractivity contribution in [1.82, 2.24) is 9.88 Å². The van der Waals surface area contributed by atoms with Crippen molar-refractivity contribution in [2.75, 3.05) is 0 Å². The number of carbonyl (C=O) groups is 2. The third kappa shape index (κ3) is 3.75. The van der Waals surface area contributed by atoms with Gasteiger partial charge in [-0.25, -0.2) is 4.39 Å². The number of halogens is 1. The number of phenolic OH excluding ortho intramolecular Hbond substituents is 2. The first-order valence-electron chi connectivity index (χ1n) is 10.1. The van der Waals surface area contributed by atoms with Crippen LogP contribution in [-0.4, -0.2) is 31.9 Å². The number of amides is 2. The van der Waals surface area contributed by atoms with Crippen molar-refractivity contribution < 1.29 is 24.2 Å². The van der Waals surface area contributed by atoms with E-state index in [1.807, 2.05) is 0 Å². The number of nitrogens with two attached hydrogens (primary N) is 1. The number of benzene rings is 2. The topological polar surface area (TPSA) is 117 Å². The maximum Gasteiger partial charge on any atom is 0.259 e. The molecule has 1 heterocycles. The Morgan fingerprint density at radius 3 is 2.66 bits per heavy atom. The van der Waals surface area contributed by atoms with Gasteiger partial charge in [-0.05, 0) is 60.7 Å². The van der Waals surface area contributed by atoms with Crippen molar-refractivity contribution >= 4 is 11.8 Å². The standard InChI is InChI=1S/C24H22FN3O4/c1-13-9-18-16(19(25)10-13)6-7-20(18)28(22(23(26)31)14-3-2-8-27-12-14)24(32)17-5-4-15(29)11-21(17)30/h2-5,8-12,20,22,29-30H,6-7H2,1H3,(H2,26,31)/t20-,22-/m1/s1. The number of rotatable bonds is 5. The van der Waals surface area contributed by atoms with Gasteiger partial charge in [0.25, 0.3) is 5.91 Å². The fourth-order valence-electron chi connectivity index (χ4n) is 4.36. The smallest absolute Gasteiger partial charge is 0.259 e. The van der Waals surface area contributed by atoms with Gasteiger partial charge in [-0.2, -0.15) is 0 Å². The van der Waals surface area contributed by atoms with E-state index in [0.717, 1.165) is 6.07 Å². The first-order chi connectivity index (χ1) is 15.3. The number of primary amides is 1. The Morgan fingerprint density at radius 2 is 2.00 bits per heavy atom. The molecule has 2 amide bonds. The highest BCUT2D eigenvalue weighted by molar-refractivity contribution is 6.00. The number of carbonyl (C=O) groups excluding carboxylic acids is 2. The molecule has 2 atom stereocenters. The van der Waals surface area contributed by atoms with Crippen molar-refractivity contribution in [2.45, 2.75) is 31.8 Å². The van der Waals surface area contributed by atoms with Crippen LogP contribution in [0.5, 0.6) is 11.5 Å². The molecule has 1 aliphatic carbocycles. The number of hydrogen-bond donors (Lipinski definition) is 3. The molecule has 0 radical (unpaired) electrons. The van der Waals surface area contributed by atoms with Gasteiger partial charge in [0, 0.05) is 24.0 Å². The van der Waals surface area contributed by atoms with Crippen LogP contribution in [0, 0.1) is 12.7 Å². The zero-order valence-corrected chi connectivity index (χ0v) is 17.3. The van der Waals surface area contributed by atoms with E-state index in [-0.39, 0.29) is 17.1 Å². The summed E-state index contributed by atoms with van der Waals surface area (Å²) in [6.45, 7) is 1.75. The summed E-state index contributed by atoms with van der Waals surface area (Å²) >= 11 is 0. The molecule has 0 saturated carbocycles. The number of fused-ring (bicyclic) bond motifs is 1. The van der Waals surface area contributed by atoms with Gasteiger partial charge < -0.3 is 20.8 Å². The average Bonchev–Trinajstić information content (AvgIpc) is 3.15. The Kier molecular flexibility index (Phi) is 5.52. The van der Waals surface area contributed by atoms with Crippen LogP contribution in [-0.2, 0) is 11.2 Å². The Labute approximate surface area is 183 Å². The molecule has 0 saturated heterocycles. The highest BCUT2D eigenvalue weighted by Gasteiger charge is 2.41. The van der Waals surface area contributed by atoms with E-state index in [0.29, 0.717) is 35.1 Å². The van der Waals surface area contributed by atoms with E-state index in [2.05, 4.69) is 4.98 Å². The lowest BCUT2D eigenvalue weighted by atomic mass is 9.97. The number of aromatic nitrogens is 1. The van der Waals surface area contributed by atoms with Crippen LogP contribution in [0.4, 0.5) is 4.39 Å². The SMILES string of the molecule is Cc1cc(F)c2c(c1)[C@H](N(C(=O)c1ccc(O)cc1O)[C@@H](C(N)=O)c1cccnc1)CC2. The third-order valence-electron chi connectivity index (χ3n) is 5.73. The van der Waals surface area contributed by atoms with Gasteiger partial charge in [0.2, 0.25) is 5.91 Å². The molecule has 8 heteroatoms. The van der Waals surface area contributed by atoms with E-state index in [4.69, 9.17) is 5.73 Å². The van der Waals surface area contributed by atoms with Crippen molar-refractivity contribution in [1.29, 1.82) is 0 Å². The molecule has 1 aromatic heterocycles. The molecule has 2 aromatic carbocycles. The molecule has 3 aromatic rings. The van der Waals surface area contributed by atoms with Crippen LogP contribution < -0.4 is 5.73 Å². The minimum atomic E-state index is -1.20. The predicted molar refractivity (Wildman–Crippen MR) is 114 cm³/mol. The van der Waals surface area contributed by atoms with E-state index >= 15 is 0 Å². The van der Waals surface area contributed by atoms with Crippen molar-refractivity contribution in [3.8, 4) is 11.5 Å². The van der Waals surface area contributed by atoms with Crippen molar-refractivity contribution in [3.63, 3.8) is 0 Å². The van der Waals surface area contributed by atoms with Gasteiger partial charge in [0.15, 0.2) is 0 Å². The summed E-state index contributed by atoms with van der Waals surface area (Å²) in [7, 11) is 0. The van der Waals surface area contributed by atoms with E-state index < -0.39 is 29.6 Å². The maximum absolute atomic E-state index is 14.6. The molecule has 0 aliphatic heterocycles. The second kappa shape index (κ2) is 8.30. The molecule has 0 fully saturated rings. The lowest BCUT2D eigenvalue weighted by Gasteiger charge is -2.36. The molecular weight excluding hydrogens is 413 g/mol. The lowest BCUT2D eigenvalue weighted by molar-refractivity contribution is -0.123. The quantitative estimate of drug-likeness (QED) is 0.569. The minimum absolute atomic E-state index is 0.112. The first-order valence-corrected chi connectivity index (χ1v) is 10.1. The third-order valence-corrected chi connectivity index (χ3v) is 5.73. The molecule has 4 rings (SSSR count). The van der Waals surface area contributed by atoms with Crippen LogP contribution in [0.1, 0.15) is 51.1 Å². The van der Waals surface area contributed by atoms with Crippen LogP contribution in [0.2, 0.25) is 0 Å². The number of aromatic hydroxyl groups is 2. The molecule has 164 valence electrons. The second-order valence-corrected chi connectivity index (χ2v) is 7.87. The number of hydrogen-bond acceptors (Lipinski definition) is 5. The van der Waals surface area contributed by atoms with Gasteiger partial charge >= 0.3 is 0 Å². The summed E-state index contributed by atoms with van der Waals surface area (Å²) in [5, 5.41) is 20.0. The number of nitrogens with zero attached hydrogens (tertiary/aromatic N) is 2. The summed E-state index contributed by atoms with van der Waals surface area (Å²) in [4.78, 5) is 31.7. The van der Waals surface area contributed by atoms with Crippen molar-refractivity contribution in [2.24, 2.45) is 5.73 Å². The molecule has 0 bridgehead atoms. The summed E-state index contributed by atoms with van der Waals surface area (Å²) < 4.78 is 14.6. The fourth-order valence-corrected chi connectivity index (χ4v) is 4.36. The van der Waals surface area contributed by atoms with E-state index in [1.165, 1.54) is 35.5 Å². The first kappa shape index (κ1) is 21.3. The Hall–Kier alpha value is -3.94. The van der Waals surface area contributed by atoms with Crippen LogP contribution >= 0.6 is 0 Å². The van der Waals surface area contributed by atoms with Gasteiger partial charge in [-0.3, -0.25) is 14.6 Å². The zero-order valence-electron chi connectivity index (χ0n) is 17.3. The number of pyridine rings is 1. The molecule has 7 nitrogen and oxygen atoms in total. The molecule has 0 spiro atoms. The van der Waals surface area contributed by atoms with Crippen LogP contribution in [0.25, 0.3) is 0 Å². The summed E-state index contributed by atoms with van der Waals surface area (Å²) in [5.41, 5.74) is 7.82. The van der Waals surface area contributed by atoms with E-state index in [9.17, 15) is 24.2 Å². The van der Waals surface area contributed by atoms with Crippen molar-refractivity contribution in [3.05, 3.63) is 88.5 Å². The monoisotopic (exact) mass is 435 g/mol. The largest absolute Gasteiger partial charge is 0.508 e. The number of phenols is 2. The average molecular weight is 435 g/mol. The van der Waals surface area contributed by atoms with Crippen LogP contribution in [0.3, 0.4) is 0 Å². The van der Waals surface area contributed by atoms with Gasteiger partial charge in [-0.15, -0.1) is 0 Å². The van der Waals surface area contributed by atoms with Crippen LogP contribution in [0.15, 0.2) is 54.9 Å². The predicted octanol–water partition coefficient (Wildman–Crippen LogP) is 3.30. The molecule has 4 N–H and O–H groups in total. The maximum atomic E-state index is 14.6. The van der Waals surface area contributed by atoms with Gasteiger partial charge in [0.1, 0.15) is 23.4 Å². The normalized spacial score (nSPS) is 15.8. The fraction of sp³-hybridized carbons (Fsp3) is 0.208. The van der Waals surface area contributed by atoms with Gasteiger partial charge in [-0.1, -0.05) is 12.1 Å². The summed E-state index contributed by atoms with van der Waals surface area (Å²) in [5.74, 6) is -2.48. The highest BCUT2D eigenvalue weighted by Crippen LogP contribution is 2.43. The van der Waals surface area contributed by atoms with Gasteiger partial charge in [0.05, 0.1) is 11.6 Å². The number of aryl methyl sites for hydroxylation is 1. The zero-order chi connectivity index (χ0) is 23.0. The Bertz CT molecular complexity index is 1200. The summed E-state index contributed by atoms with van der Waals surface area (Å²) in [6, 6.07) is 8.21. The Morgan fingerprint density at radius 1 is 1.22 bits per heavy atom. The summed E-state index contributed by atoms with van der Waals surface area (Å²) in [6.07, 6.45) is 3.74. The molecule has 0 unspecified atom stereocenters. The minimum Gasteiger partial charge on any atom is -0.508 e.